The Bertz CT molecular complexity index is 236. The summed E-state index contributed by atoms with van der Waals surface area (Å²) in [5.41, 5.74) is 5.55. The van der Waals surface area contributed by atoms with Gasteiger partial charge in [-0.15, -0.1) is 0 Å². The van der Waals surface area contributed by atoms with Crippen LogP contribution in [0.15, 0.2) is 0 Å². The Morgan fingerprint density at radius 3 is 2.50 bits per heavy atom. The van der Waals surface area contributed by atoms with Gasteiger partial charge in [0.05, 0.1) is 5.54 Å². The van der Waals surface area contributed by atoms with Crippen LogP contribution in [0.25, 0.3) is 0 Å². The Morgan fingerprint density at radius 1 is 1.31 bits per heavy atom. The molecule has 1 unspecified atom stereocenters. The summed E-state index contributed by atoms with van der Waals surface area (Å²) in [5.74, 6) is 0.159. The first kappa shape index (κ1) is 13.5. The zero-order chi connectivity index (χ0) is 12.2. The molecule has 1 amide bonds. The molecule has 0 radical (unpaired) electrons. The van der Waals surface area contributed by atoms with Gasteiger partial charge in [-0.1, -0.05) is 26.7 Å². The van der Waals surface area contributed by atoms with E-state index in [0.29, 0.717) is 6.04 Å². The van der Waals surface area contributed by atoms with E-state index in [1.165, 1.54) is 12.8 Å². The monoisotopic (exact) mass is 226 g/mol. The van der Waals surface area contributed by atoms with E-state index >= 15 is 0 Å². The summed E-state index contributed by atoms with van der Waals surface area (Å²) in [4.78, 5) is 14.5. The van der Waals surface area contributed by atoms with Crippen LogP contribution in [0.4, 0.5) is 0 Å². The first-order chi connectivity index (χ1) is 7.55. The molecule has 1 saturated heterocycles. The van der Waals surface area contributed by atoms with Crippen molar-refractivity contribution in [3.8, 4) is 0 Å². The zero-order valence-electron chi connectivity index (χ0n) is 11.0. The number of carbonyl (C=O) groups excluding carboxylic acids is 1. The molecule has 3 heteroatoms. The second-order valence-corrected chi connectivity index (χ2v) is 5.06. The smallest absolute Gasteiger partial charge is 0.242 e. The fourth-order valence-electron chi connectivity index (χ4n) is 2.42. The van der Waals surface area contributed by atoms with Crippen LogP contribution in [0.3, 0.4) is 0 Å². The largest absolute Gasteiger partial charge is 0.338 e. The molecule has 0 aromatic heterocycles. The van der Waals surface area contributed by atoms with Gasteiger partial charge in [0.25, 0.3) is 0 Å². The van der Waals surface area contributed by atoms with Crippen LogP contribution >= 0.6 is 0 Å². The minimum Gasteiger partial charge on any atom is -0.338 e. The van der Waals surface area contributed by atoms with E-state index in [1.54, 1.807) is 0 Å². The van der Waals surface area contributed by atoms with E-state index in [1.807, 2.05) is 18.7 Å². The van der Waals surface area contributed by atoms with Crippen molar-refractivity contribution >= 4 is 5.91 Å². The van der Waals surface area contributed by atoms with Crippen LogP contribution in [0, 0.1) is 0 Å². The van der Waals surface area contributed by atoms with E-state index in [0.717, 1.165) is 32.2 Å². The molecule has 1 heterocycles. The molecule has 2 N–H and O–H groups in total. The summed E-state index contributed by atoms with van der Waals surface area (Å²) in [6.07, 6.45) is 6.18. The lowest BCUT2D eigenvalue weighted by Crippen LogP contribution is -2.56. The molecule has 0 spiro atoms. The molecule has 1 fully saturated rings. The summed E-state index contributed by atoms with van der Waals surface area (Å²) in [6.45, 7) is 7.04. The predicted molar refractivity (Wildman–Crippen MR) is 67.1 cm³/mol. The fraction of sp³-hybridized carbons (Fsp3) is 0.923. The van der Waals surface area contributed by atoms with Crippen molar-refractivity contribution < 1.29 is 4.79 Å². The molecule has 1 atom stereocenters. The highest BCUT2D eigenvalue weighted by Gasteiger charge is 2.36. The summed E-state index contributed by atoms with van der Waals surface area (Å²) >= 11 is 0. The summed E-state index contributed by atoms with van der Waals surface area (Å²) in [7, 11) is 0. The highest BCUT2D eigenvalue weighted by molar-refractivity contribution is 5.86. The molecule has 1 aliphatic rings. The zero-order valence-corrected chi connectivity index (χ0v) is 11.0. The van der Waals surface area contributed by atoms with Crippen molar-refractivity contribution in [3.05, 3.63) is 0 Å². The van der Waals surface area contributed by atoms with Gasteiger partial charge in [-0.05, 0) is 32.6 Å². The molecule has 1 aliphatic heterocycles. The molecule has 0 aromatic rings. The van der Waals surface area contributed by atoms with Gasteiger partial charge in [0.1, 0.15) is 0 Å². The quantitative estimate of drug-likeness (QED) is 0.802. The maximum absolute atomic E-state index is 12.4. The maximum atomic E-state index is 12.4. The van der Waals surface area contributed by atoms with Gasteiger partial charge in [0.2, 0.25) is 5.91 Å². The average Bonchev–Trinajstić information content (AvgIpc) is 2.52. The van der Waals surface area contributed by atoms with Gasteiger partial charge < -0.3 is 10.6 Å². The molecule has 0 saturated carbocycles. The van der Waals surface area contributed by atoms with Gasteiger partial charge >= 0.3 is 0 Å². The minimum atomic E-state index is -0.640. The summed E-state index contributed by atoms with van der Waals surface area (Å²) < 4.78 is 0. The molecular formula is C13H26N2O. The molecule has 16 heavy (non-hydrogen) atoms. The number of nitrogens with zero attached hydrogens (tertiary/aromatic N) is 1. The van der Waals surface area contributed by atoms with E-state index in [-0.39, 0.29) is 5.91 Å². The Morgan fingerprint density at radius 2 is 1.94 bits per heavy atom. The standard InChI is InChI=1S/C13H26N2O/c1-4-13(14,5-2)12(16)15-10-8-6-7-9-11(15)3/h11H,4-10,14H2,1-3H3. The van der Waals surface area contributed by atoms with Crippen LogP contribution in [0.2, 0.25) is 0 Å². The Kier molecular flexibility index (Phi) is 4.78. The molecule has 94 valence electrons. The lowest BCUT2D eigenvalue weighted by Gasteiger charge is -2.36. The van der Waals surface area contributed by atoms with E-state index in [4.69, 9.17) is 5.73 Å². The first-order valence-electron chi connectivity index (χ1n) is 6.65. The van der Waals surface area contributed by atoms with E-state index in [9.17, 15) is 4.79 Å². The van der Waals surface area contributed by atoms with E-state index in [2.05, 4.69) is 6.92 Å². The van der Waals surface area contributed by atoms with Crippen LogP contribution in [0.1, 0.15) is 59.3 Å². The third-order valence-electron chi connectivity index (χ3n) is 4.00. The second kappa shape index (κ2) is 5.67. The van der Waals surface area contributed by atoms with Crippen molar-refractivity contribution in [1.82, 2.24) is 4.90 Å². The third-order valence-corrected chi connectivity index (χ3v) is 4.00. The summed E-state index contributed by atoms with van der Waals surface area (Å²) in [5, 5.41) is 0. The highest BCUT2D eigenvalue weighted by Crippen LogP contribution is 2.22. The van der Waals surface area contributed by atoms with Crippen molar-refractivity contribution in [3.63, 3.8) is 0 Å². The maximum Gasteiger partial charge on any atom is 0.242 e. The van der Waals surface area contributed by atoms with Crippen LogP contribution < -0.4 is 5.73 Å². The number of hydrogen-bond donors (Lipinski definition) is 1. The topological polar surface area (TPSA) is 46.3 Å². The van der Waals surface area contributed by atoms with Crippen LogP contribution in [0.5, 0.6) is 0 Å². The normalized spacial score (nSPS) is 23.0. The van der Waals surface area contributed by atoms with Gasteiger partial charge in [-0.25, -0.2) is 0 Å². The van der Waals surface area contributed by atoms with Crippen molar-refractivity contribution in [1.29, 1.82) is 0 Å². The van der Waals surface area contributed by atoms with Crippen molar-refractivity contribution in [2.24, 2.45) is 5.73 Å². The predicted octanol–water partition coefficient (Wildman–Crippen LogP) is 2.29. The third kappa shape index (κ3) is 2.76. The first-order valence-corrected chi connectivity index (χ1v) is 6.65. The van der Waals surface area contributed by atoms with E-state index < -0.39 is 5.54 Å². The SMILES string of the molecule is CCC(N)(CC)C(=O)N1CCCCCC1C. The molecule has 1 rings (SSSR count). The molecular weight excluding hydrogens is 200 g/mol. The van der Waals surface area contributed by atoms with Crippen molar-refractivity contribution in [2.45, 2.75) is 70.9 Å². The van der Waals surface area contributed by atoms with Gasteiger partial charge in [0, 0.05) is 12.6 Å². The number of carbonyl (C=O) groups is 1. The highest BCUT2D eigenvalue weighted by atomic mass is 16.2. The van der Waals surface area contributed by atoms with Gasteiger partial charge in [-0.3, -0.25) is 4.79 Å². The number of hydrogen-bond acceptors (Lipinski definition) is 2. The van der Waals surface area contributed by atoms with Gasteiger partial charge in [0.15, 0.2) is 0 Å². The van der Waals surface area contributed by atoms with Crippen LogP contribution in [-0.2, 0) is 4.79 Å². The second-order valence-electron chi connectivity index (χ2n) is 5.06. The number of rotatable bonds is 3. The van der Waals surface area contributed by atoms with Crippen LogP contribution in [-0.4, -0.2) is 28.9 Å². The molecule has 0 aromatic carbocycles. The Hall–Kier alpha value is -0.570. The van der Waals surface area contributed by atoms with Gasteiger partial charge in [-0.2, -0.15) is 0 Å². The molecule has 0 aliphatic carbocycles. The Balaban J connectivity index is 2.77. The number of likely N-dealkylation sites (tertiary alicyclic amines) is 1. The Labute approximate surface area is 99.4 Å². The van der Waals surface area contributed by atoms with Crippen molar-refractivity contribution in [2.75, 3.05) is 6.54 Å². The average molecular weight is 226 g/mol. The minimum absolute atomic E-state index is 0.159. The fourth-order valence-corrected chi connectivity index (χ4v) is 2.42. The number of nitrogens with two attached hydrogens (primary N) is 1. The number of amides is 1. The molecule has 0 bridgehead atoms. The lowest BCUT2D eigenvalue weighted by molar-refractivity contribution is -0.139. The summed E-state index contributed by atoms with van der Waals surface area (Å²) in [6, 6.07) is 0.357. The lowest BCUT2D eigenvalue weighted by atomic mass is 9.91. The molecule has 3 nitrogen and oxygen atoms in total.